The summed E-state index contributed by atoms with van der Waals surface area (Å²) in [5, 5.41) is 3.06. The van der Waals surface area contributed by atoms with Crippen molar-refractivity contribution in [3.8, 4) is 0 Å². The molecule has 0 unspecified atom stereocenters. The van der Waals surface area contributed by atoms with Crippen LogP contribution in [0.4, 0.5) is 11.4 Å². The van der Waals surface area contributed by atoms with Crippen molar-refractivity contribution in [3.63, 3.8) is 0 Å². The molecule has 35 heavy (non-hydrogen) atoms. The number of amides is 1. The van der Waals surface area contributed by atoms with Crippen molar-refractivity contribution in [2.75, 3.05) is 23.3 Å². The second-order valence-electron chi connectivity index (χ2n) is 9.60. The monoisotopic (exact) mass is 485 g/mol. The molecule has 1 aliphatic heterocycles. The maximum absolute atomic E-state index is 12.6. The number of anilines is 2. The Kier molecular flexibility index (Phi) is 7.75. The van der Waals surface area contributed by atoms with Gasteiger partial charge in [0.15, 0.2) is 0 Å². The minimum absolute atomic E-state index is 0.0735. The van der Waals surface area contributed by atoms with E-state index in [1.54, 1.807) is 0 Å². The van der Waals surface area contributed by atoms with Crippen LogP contribution >= 0.6 is 11.9 Å². The van der Waals surface area contributed by atoms with Crippen LogP contribution in [0.3, 0.4) is 0 Å². The first-order valence-electron chi connectivity index (χ1n) is 13.0. The Morgan fingerprint density at radius 3 is 2.63 bits per heavy atom. The highest BCUT2D eigenvalue weighted by molar-refractivity contribution is 7.97. The Hall–Kier alpha value is -2.76. The van der Waals surface area contributed by atoms with Crippen LogP contribution in [0.2, 0.25) is 0 Å². The maximum Gasteiger partial charge on any atom is 0.255 e. The van der Waals surface area contributed by atoms with Gasteiger partial charge in [0.1, 0.15) is 0 Å². The average molecular weight is 486 g/mol. The van der Waals surface area contributed by atoms with E-state index in [1.807, 2.05) is 54.4 Å². The summed E-state index contributed by atoms with van der Waals surface area (Å²) in [6.07, 6.45) is 7.55. The first kappa shape index (κ1) is 24.0. The summed E-state index contributed by atoms with van der Waals surface area (Å²) in [6.45, 7) is 5.44. The van der Waals surface area contributed by atoms with Gasteiger partial charge in [0.2, 0.25) is 0 Å². The SMILES string of the molecule is CCN1CCCc2cc(CN(Sc3cccc(NC(=O)c4ccccc4)c3)C3CCCC3)ccc21. The van der Waals surface area contributed by atoms with Crippen LogP contribution in [-0.4, -0.2) is 29.3 Å². The molecule has 1 fully saturated rings. The van der Waals surface area contributed by atoms with Gasteiger partial charge in [-0.05, 0) is 92.1 Å². The summed E-state index contributed by atoms with van der Waals surface area (Å²) < 4.78 is 2.58. The van der Waals surface area contributed by atoms with Crippen molar-refractivity contribution in [3.05, 3.63) is 89.5 Å². The number of fused-ring (bicyclic) bond motifs is 1. The second-order valence-corrected chi connectivity index (χ2v) is 10.7. The lowest BCUT2D eigenvalue weighted by molar-refractivity contribution is 0.102. The standard InChI is InChI=1S/C30H35N3OS/c1-2-32-19-9-12-25-20-23(17-18-29(25)32)22-33(27-14-6-7-15-27)35-28-16-8-13-26(21-28)31-30(34)24-10-4-3-5-11-24/h3-5,8,10-11,13,16-18,20-21,27H,2,6-7,9,12,14-15,19,22H2,1H3,(H,31,34). The summed E-state index contributed by atoms with van der Waals surface area (Å²) in [5.74, 6) is -0.0735. The van der Waals surface area contributed by atoms with Gasteiger partial charge in [-0.25, -0.2) is 4.31 Å². The van der Waals surface area contributed by atoms with Crippen molar-refractivity contribution in [1.82, 2.24) is 4.31 Å². The molecule has 1 saturated carbocycles. The molecule has 1 aliphatic carbocycles. The van der Waals surface area contributed by atoms with Crippen LogP contribution < -0.4 is 10.2 Å². The third-order valence-electron chi connectivity index (χ3n) is 7.16. The quantitative estimate of drug-likeness (QED) is 0.343. The summed E-state index contributed by atoms with van der Waals surface area (Å²) >= 11 is 1.83. The summed E-state index contributed by atoms with van der Waals surface area (Å²) in [7, 11) is 0. The number of nitrogens with one attached hydrogen (secondary N) is 1. The lowest BCUT2D eigenvalue weighted by Crippen LogP contribution is -2.29. The Morgan fingerprint density at radius 2 is 1.83 bits per heavy atom. The highest BCUT2D eigenvalue weighted by atomic mass is 32.2. The Morgan fingerprint density at radius 1 is 1.00 bits per heavy atom. The van der Waals surface area contributed by atoms with E-state index >= 15 is 0 Å². The minimum Gasteiger partial charge on any atom is -0.372 e. The van der Waals surface area contributed by atoms with Gasteiger partial charge in [-0.1, -0.05) is 49.2 Å². The van der Waals surface area contributed by atoms with E-state index in [4.69, 9.17) is 0 Å². The first-order valence-corrected chi connectivity index (χ1v) is 13.7. The largest absolute Gasteiger partial charge is 0.372 e. The molecule has 0 atom stereocenters. The molecule has 4 nitrogen and oxygen atoms in total. The zero-order valence-electron chi connectivity index (χ0n) is 20.6. The summed E-state index contributed by atoms with van der Waals surface area (Å²) in [6, 6.07) is 25.3. The van der Waals surface area contributed by atoms with Gasteiger partial charge in [0, 0.05) is 47.5 Å². The normalized spacial score (nSPS) is 15.9. The van der Waals surface area contributed by atoms with E-state index in [0.29, 0.717) is 11.6 Å². The lowest BCUT2D eigenvalue weighted by Gasteiger charge is -2.32. The molecule has 0 bridgehead atoms. The molecule has 2 aliphatic rings. The zero-order chi connectivity index (χ0) is 24.0. The fourth-order valence-corrected chi connectivity index (χ4v) is 6.49. The van der Waals surface area contributed by atoms with Crippen LogP contribution in [0.25, 0.3) is 0 Å². The number of hydrogen-bond donors (Lipinski definition) is 1. The molecular formula is C30H35N3OS. The molecule has 0 aromatic heterocycles. The van der Waals surface area contributed by atoms with Gasteiger partial charge >= 0.3 is 0 Å². The molecule has 3 aromatic rings. The third kappa shape index (κ3) is 5.91. The smallest absolute Gasteiger partial charge is 0.255 e. The Bertz CT molecular complexity index is 1140. The molecule has 0 spiro atoms. The molecule has 182 valence electrons. The number of rotatable bonds is 8. The van der Waals surface area contributed by atoms with E-state index in [-0.39, 0.29) is 5.91 Å². The van der Waals surface area contributed by atoms with Crippen LogP contribution in [-0.2, 0) is 13.0 Å². The molecule has 1 amide bonds. The van der Waals surface area contributed by atoms with E-state index in [0.717, 1.165) is 23.7 Å². The van der Waals surface area contributed by atoms with Gasteiger partial charge in [-0.15, -0.1) is 0 Å². The van der Waals surface area contributed by atoms with Crippen LogP contribution in [0.5, 0.6) is 0 Å². The number of benzene rings is 3. The van der Waals surface area contributed by atoms with E-state index in [2.05, 4.69) is 51.8 Å². The number of nitrogens with zero attached hydrogens (tertiary/aromatic N) is 2. The second kappa shape index (κ2) is 11.3. The number of aryl methyl sites for hydroxylation is 1. The van der Waals surface area contributed by atoms with Gasteiger partial charge < -0.3 is 10.2 Å². The fraction of sp³-hybridized carbons (Fsp3) is 0.367. The lowest BCUT2D eigenvalue weighted by atomic mass is 9.99. The molecule has 1 N–H and O–H groups in total. The van der Waals surface area contributed by atoms with Crippen molar-refractivity contribution < 1.29 is 4.79 Å². The van der Waals surface area contributed by atoms with E-state index in [9.17, 15) is 4.79 Å². The van der Waals surface area contributed by atoms with E-state index < -0.39 is 0 Å². The van der Waals surface area contributed by atoms with Gasteiger partial charge in [0.25, 0.3) is 5.91 Å². The molecule has 0 radical (unpaired) electrons. The molecule has 0 saturated heterocycles. The zero-order valence-corrected chi connectivity index (χ0v) is 21.4. The Balaban J connectivity index is 1.32. The molecular weight excluding hydrogens is 450 g/mol. The molecule has 3 aromatic carbocycles. The predicted octanol–water partition coefficient (Wildman–Crippen LogP) is 7.16. The van der Waals surface area contributed by atoms with Crippen LogP contribution in [0.15, 0.2) is 77.7 Å². The van der Waals surface area contributed by atoms with Gasteiger partial charge in [-0.3, -0.25) is 4.79 Å². The third-order valence-corrected chi connectivity index (χ3v) is 8.29. The molecule has 1 heterocycles. The summed E-state index contributed by atoms with van der Waals surface area (Å²) in [5.41, 5.74) is 5.83. The number of carbonyl (C=O) groups is 1. The first-order chi connectivity index (χ1) is 17.2. The van der Waals surface area contributed by atoms with Crippen molar-refractivity contribution >= 4 is 29.2 Å². The topological polar surface area (TPSA) is 35.6 Å². The van der Waals surface area contributed by atoms with Gasteiger partial charge in [0.05, 0.1) is 0 Å². The molecule has 5 rings (SSSR count). The summed E-state index contributed by atoms with van der Waals surface area (Å²) in [4.78, 5) is 16.3. The molecule has 5 heteroatoms. The highest BCUT2D eigenvalue weighted by Gasteiger charge is 2.25. The van der Waals surface area contributed by atoms with E-state index in [1.165, 1.54) is 61.9 Å². The minimum atomic E-state index is -0.0735. The number of carbonyl (C=O) groups excluding carboxylic acids is 1. The predicted molar refractivity (Wildman–Crippen MR) is 147 cm³/mol. The Labute approximate surface area is 213 Å². The number of hydrogen-bond acceptors (Lipinski definition) is 4. The van der Waals surface area contributed by atoms with Crippen molar-refractivity contribution in [2.24, 2.45) is 0 Å². The highest BCUT2D eigenvalue weighted by Crippen LogP contribution is 2.36. The van der Waals surface area contributed by atoms with Crippen molar-refractivity contribution in [2.45, 2.75) is 62.9 Å². The van der Waals surface area contributed by atoms with Crippen LogP contribution in [0, 0.1) is 0 Å². The average Bonchev–Trinajstić information content (AvgIpc) is 3.44. The fourth-order valence-electron chi connectivity index (χ4n) is 5.32. The van der Waals surface area contributed by atoms with Crippen LogP contribution in [0.1, 0.15) is 60.5 Å². The van der Waals surface area contributed by atoms with Crippen molar-refractivity contribution in [1.29, 1.82) is 0 Å². The van der Waals surface area contributed by atoms with Gasteiger partial charge in [-0.2, -0.15) is 0 Å². The maximum atomic E-state index is 12.6.